The fourth-order valence-corrected chi connectivity index (χ4v) is 4.33. The van der Waals surface area contributed by atoms with Crippen molar-refractivity contribution in [3.8, 4) is 0 Å². The van der Waals surface area contributed by atoms with Crippen molar-refractivity contribution < 1.29 is 13.2 Å². The third-order valence-corrected chi connectivity index (χ3v) is 6.18. The fourth-order valence-electron chi connectivity index (χ4n) is 2.82. The zero-order chi connectivity index (χ0) is 17.7. The SMILES string of the molecule is O=C(NCc1ccncc1)c1ccc(S(=O)(=O)N2CCCCC2)cc1. The molecule has 0 saturated carbocycles. The second kappa shape index (κ2) is 7.76. The third kappa shape index (κ3) is 4.24. The quantitative estimate of drug-likeness (QED) is 0.887. The van der Waals surface area contributed by atoms with Crippen molar-refractivity contribution >= 4 is 15.9 Å². The predicted octanol–water partition coefficient (Wildman–Crippen LogP) is 2.19. The molecular formula is C18H21N3O3S. The molecule has 6 nitrogen and oxygen atoms in total. The summed E-state index contributed by atoms with van der Waals surface area (Å²) in [6.45, 7) is 1.53. The van der Waals surface area contributed by atoms with Crippen molar-refractivity contribution in [1.29, 1.82) is 0 Å². The predicted molar refractivity (Wildman–Crippen MR) is 94.5 cm³/mol. The number of nitrogens with zero attached hydrogens (tertiary/aromatic N) is 2. The maximum absolute atomic E-state index is 12.6. The van der Waals surface area contributed by atoms with Gasteiger partial charge in [-0.25, -0.2) is 8.42 Å². The van der Waals surface area contributed by atoms with E-state index in [0.29, 0.717) is 25.2 Å². The Kier molecular flexibility index (Phi) is 5.45. The van der Waals surface area contributed by atoms with Crippen molar-refractivity contribution in [3.05, 3.63) is 59.9 Å². The highest BCUT2D eigenvalue weighted by Crippen LogP contribution is 2.20. The minimum absolute atomic E-state index is 0.236. The van der Waals surface area contributed by atoms with Crippen LogP contribution in [0.3, 0.4) is 0 Å². The summed E-state index contributed by atoms with van der Waals surface area (Å²) in [5.74, 6) is -0.237. The van der Waals surface area contributed by atoms with Crippen LogP contribution in [0.2, 0.25) is 0 Å². The van der Waals surface area contributed by atoms with Crippen LogP contribution in [0.15, 0.2) is 53.7 Å². The first-order chi connectivity index (χ1) is 12.1. The van der Waals surface area contributed by atoms with Crippen LogP contribution in [0.4, 0.5) is 0 Å². The van der Waals surface area contributed by atoms with Gasteiger partial charge in [-0.15, -0.1) is 0 Å². The molecule has 3 rings (SSSR count). The molecule has 0 radical (unpaired) electrons. The second-order valence-corrected chi connectivity index (χ2v) is 7.97. The molecule has 0 atom stereocenters. The van der Waals surface area contributed by atoms with Gasteiger partial charge in [0.25, 0.3) is 5.91 Å². The molecule has 1 fully saturated rings. The van der Waals surface area contributed by atoms with E-state index >= 15 is 0 Å². The van der Waals surface area contributed by atoms with Gasteiger partial charge < -0.3 is 5.32 Å². The Hall–Kier alpha value is -2.25. The van der Waals surface area contributed by atoms with Gasteiger partial charge >= 0.3 is 0 Å². The maximum Gasteiger partial charge on any atom is 0.251 e. The number of piperidine rings is 1. The molecule has 25 heavy (non-hydrogen) atoms. The number of carbonyl (C=O) groups is 1. The van der Waals surface area contributed by atoms with E-state index < -0.39 is 10.0 Å². The van der Waals surface area contributed by atoms with E-state index in [4.69, 9.17) is 0 Å². The minimum atomic E-state index is -3.47. The Labute approximate surface area is 147 Å². The summed E-state index contributed by atoms with van der Waals surface area (Å²) >= 11 is 0. The van der Waals surface area contributed by atoms with Crippen LogP contribution in [0, 0.1) is 0 Å². The van der Waals surface area contributed by atoms with Gasteiger partial charge in [-0.05, 0) is 54.8 Å². The number of pyridine rings is 1. The second-order valence-electron chi connectivity index (χ2n) is 6.03. The van der Waals surface area contributed by atoms with E-state index in [0.717, 1.165) is 24.8 Å². The zero-order valence-corrected chi connectivity index (χ0v) is 14.7. The zero-order valence-electron chi connectivity index (χ0n) is 13.9. The Balaban J connectivity index is 1.66. The molecule has 132 valence electrons. The first-order valence-electron chi connectivity index (χ1n) is 8.35. The Morgan fingerprint density at radius 2 is 1.64 bits per heavy atom. The van der Waals surface area contributed by atoms with Crippen LogP contribution in [-0.4, -0.2) is 36.7 Å². The van der Waals surface area contributed by atoms with Gasteiger partial charge in [0.1, 0.15) is 0 Å². The van der Waals surface area contributed by atoms with Crippen LogP contribution in [0.1, 0.15) is 35.2 Å². The number of sulfonamides is 1. The highest BCUT2D eigenvalue weighted by molar-refractivity contribution is 7.89. The van der Waals surface area contributed by atoms with Gasteiger partial charge in [-0.1, -0.05) is 6.42 Å². The first-order valence-corrected chi connectivity index (χ1v) is 9.79. The maximum atomic E-state index is 12.6. The number of rotatable bonds is 5. The van der Waals surface area contributed by atoms with Gasteiger partial charge in [-0.2, -0.15) is 4.31 Å². The fraction of sp³-hybridized carbons (Fsp3) is 0.333. The summed E-state index contributed by atoms with van der Waals surface area (Å²) < 4.78 is 26.7. The van der Waals surface area contributed by atoms with E-state index in [9.17, 15) is 13.2 Å². The van der Waals surface area contributed by atoms with E-state index in [-0.39, 0.29) is 10.8 Å². The number of benzene rings is 1. The van der Waals surface area contributed by atoms with Gasteiger partial charge in [0, 0.05) is 37.6 Å². The lowest BCUT2D eigenvalue weighted by Crippen LogP contribution is -2.35. The standard InChI is InChI=1S/C18H21N3O3S/c22-18(20-14-15-8-10-19-11-9-15)16-4-6-17(7-5-16)25(23,24)21-12-2-1-3-13-21/h4-11H,1-3,12-14H2,(H,20,22). The van der Waals surface area contributed by atoms with Crippen LogP contribution < -0.4 is 5.32 Å². The molecule has 1 aromatic heterocycles. The monoisotopic (exact) mass is 359 g/mol. The molecule has 2 aromatic rings. The summed E-state index contributed by atoms with van der Waals surface area (Å²) in [7, 11) is -3.47. The van der Waals surface area contributed by atoms with Crippen LogP contribution in [0.25, 0.3) is 0 Å². The first kappa shape index (κ1) is 17.6. The Morgan fingerprint density at radius 1 is 1.00 bits per heavy atom. The molecule has 0 bridgehead atoms. The van der Waals surface area contributed by atoms with Crippen molar-refractivity contribution in [2.24, 2.45) is 0 Å². The van der Waals surface area contributed by atoms with Gasteiger partial charge in [0.2, 0.25) is 10.0 Å². The molecule has 0 aliphatic carbocycles. The molecule has 0 unspecified atom stereocenters. The number of amides is 1. The van der Waals surface area contributed by atoms with Gasteiger partial charge in [0.15, 0.2) is 0 Å². The molecule has 1 aliphatic rings. The van der Waals surface area contributed by atoms with Crippen molar-refractivity contribution in [3.63, 3.8) is 0 Å². The van der Waals surface area contributed by atoms with Gasteiger partial charge in [0.05, 0.1) is 4.90 Å². The van der Waals surface area contributed by atoms with E-state index in [1.54, 1.807) is 24.5 Å². The molecule has 2 heterocycles. The normalized spacial score (nSPS) is 15.7. The molecule has 7 heteroatoms. The highest BCUT2D eigenvalue weighted by Gasteiger charge is 2.25. The average molecular weight is 359 g/mol. The Morgan fingerprint density at radius 3 is 2.28 bits per heavy atom. The van der Waals surface area contributed by atoms with E-state index in [1.807, 2.05) is 12.1 Å². The number of carbonyl (C=O) groups excluding carboxylic acids is 1. The molecule has 1 saturated heterocycles. The molecule has 1 amide bonds. The number of aromatic nitrogens is 1. The van der Waals surface area contributed by atoms with Crippen LogP contribution in [0.5, 0.6) is 0 Å². The van der Waals surface area contributed by atoms with E-state index in [2.05, 4.69) is 10.3 Å². The minimum Gasteiger partial charge on any atom is -0.348 e. The summed E-state index contributed by atoms with van der Waals surface area (Å²) in [4.78, 5) is 16.4. The summed E-state index contributed by atoms with van der Waals surface area (Å²) in [6.07, 6.45) is 6.20. The topological polar surface area (TPSA) is 79.4 Å². The Bertz CT molecular complexity index is 814. The van der Waals surface area contributed by atoms with Crippen molar-refractivity contribution in [1.82, 2.24) is 14.6 Å². The number of hydrogen-bond donors (Lipinski definition) is 1. The number of nitrogens with one attached hydrogen (secondary N) is 1. The van der Waals surface area contributed by atoms with Crippen molar-refractivity contribution in [2.45, 2.75) is 30.7 Å². The average Bonchev–Trinajstić information content (AvgIpc) is 2.68. The molecule has 0 spiro atoms. The van der Waals surface area contributed by atoms with Crippen LogP contribution >= 0.6 is 0 Å². The van der Waals surface area contributed by atoms with Crippen LogP contribution in [-0.2, 0) is 16.6 Å². The largest absolute Gasteiger partial charge is 0.348 e. The lowest BCUT2D eigenvalue weighted by atomic mass is 10.2. The lowest BCUT2D eigenvalue weighted by Gasteiger charge is -2.25. The molecular weight excluding hydrogens is 338 g/mol. The van der Waals surface area contributed by atoms with Gasteiger partial charge in [-0.3, -0.25) is 9.78 Å². The molecule has 1 aliphatic heterocycles. The smallest absolute Gasteiger partial charge is 0.251 e. The summed E-state index contributed by atoms with van der Waals surface area (Å²) in [5.41, 5.74) is 1.39. The number of hydrogen-bond acceptors (Lipinski definition) is 4. The highest BCUT2D eigenvalue weighted by atomic mass is 32.2. The summed E-state index contributed by atoms with van der Waals surface area (Å²) in [5, 5.41) is 2.81. The lowest BCUT2D eigenvalue weighted by molar-refractivity contribution is 0.0951. The van der Waals surface area contributed by atoms with Crippen molar-refractivity contribution in [2.75, 3.05) is 13.1 Å². The van der Waals surface area contributed by atoms with E-state index in [1.165, 1.54) is 16.4 Å². The summed E-state index contributed by atoms with van der Waals surface area (Å²) in [6, 6.07) is 9.77. The molecule has 1 N–H and O–H groups in total. The third-order valence-electron chi connectivity index (χ3n) is 4.27. The molecule has 1 aromatic carbocycles.